The van der Waals surface area contributed by atoms with Gasteiger partial charge >= 0.3 is 0 Å². The fourth-order valence-corrected chi connectivity index (χ4v) is 3.90. The van der Waals surface area contributed by atoms with E-state index in [-0.39, 0.29) is 0 Å². The molecule has 0 bridgehead atoms. The molecule has 0 spiro atoms. The zero-order valence-electron chi connectivity index (χ0n) is 15.5. The SMILES string of the molecule is CN(CC#CC(C)(O)C1CCCCC1)Cc1cccc2ccccc12. The molecule has 1 saturated carbocycles. The van der Waals surface area contributed by atoms with E-state index in [0.717, 1.165) is 19.4 Å². The van der Waals surface area contributed by atoms with Crippen LogP contribution in [0.2, 0.25) is 0 Å². The molecule has 0 aromatic heterocycles. The molecule has 3 rings (SSSR count). The summed E-state index contributed by atoms with van der Waals surface area (Å²) in [5, 5.41) is 13.3. The van der Waals surface area contributed by atoms with Gasteiger partial charge in [-0.1, -0.05) is 73.6 Å². The molecule has 1 unspecified atom stereocenters. The Bertz CT molecular complexity index is 757. The maximum atomic E-state index is 10.7. The molecule has 1 aliphatic carbocycles. The minimum absolute atomic E-state index is 0.331. The maximum absolute atomic E-state index is 10.7. The third kappa shape index (κ3) is 4.63. The fraction of sp³-hybridized carbons (Fsp3) is 0.478. The number of hydrogen-bond donors (Lipinski definition) is 1. The minimum Gasteiger partial charge on any atom is -0.378 e. The lowest BCUT2D eigenvalue weighted by atomic mass is 9.78. The van der Waals surface area contributed by atoms with Gasteiger partial charge < -0.3 is 5.11 Å². The summed E-state index contributed by atoms with van der Waals surface area (Å²) in [7, 11) is 2.09. The highest BCUT2D eigenvalue weighted by Crippen LogP contribution is 2.32. The van der Waals surface area contributed by atoms with Gasteiger partial charge in [0, 0.05) is 6.54 Å². The van der Waals surface area contributed by atoms with Gasteiger partial charge in [0.25, 0.3) is 0 Å². The smallest absolute Gasteiger partial charge is 0.125 e. The van der Waals surface area contributed by atoms with E-state index >= 15 is 0 Å². The van der Waals surface area contributed by atoms with Gasteiger partial charge in [-0.2, -0.15) is 0 Å². The van der Waals surface area contributed by atoms with Crippen LogP contribution in [0.25, 0.3) is 10.8 Å². The van der Waals surface area contributed by atoms with Gasteiger partial charge in [0.1, 0.15) is 5.60 Å². The lowest BCUT2D eigenvalue weighted by molar-refractivity contribution is 0.0367. The molecular formula is C23H29NO. The van der Waals surface area contributed by atoms with Crippen LogP contribution in [0.15, 0.2) is 42.5 Å². The summed E-state index contributed by atoms with van der Waals surface area (Å²) in [4.78, 5) is 2.21. The molecule has 1 atom stereocenters. The third-order valence-corrected chi connectivity index (χ3v) is 5.41. The normalized spacial score (nSPS) is 17.9. The number of rotatable bonds is 4. The molecule has 2 aromatic rings. The fourth-order valence-electron chi connectivity index (χ4n) is 3.90. The van der Waals surface area contributed by atoms with Crippen molar-refractivity contribution >= 4 is 10.8 Å². The van der Waals surface area contributed by atoms with Crippen LogP contribution in [0.4, 0.5) is 0 Å². The predicted molar refractivity (Wildman–Crippen MR) is 105 cm³/mol. The van der Waals surface area contributed by atoms with Gasteiger partial charge in [-0.25, -0.2) is 0 Å². The monoisotopic (exact) mass is 335 g/mol. The van der Waals surface area contributed by atoms with Gasteiger partial charge in [-0.05, 0) is 49.1 Å². The molecule has 0 radical (unpaired) electrons. The van der Waals surface area contributed by atoms with Gasteiger partial charge in [0.15, 0.2) is 0 Å². The Morgan fingerprint density at radius 1 is 1.08 bits per heavy atom. The van der Waals surface area contributed by atoms with Crippen molar-refractivity contribution in [3.05, 3.63) is 48.0 Å². The summed E-state index contributed by atoms with van der Waals surface area (Å²) in [5.74, 6) is 6.69. The summed E-state index contributed by atoms with van der Waals surface area (Å²) in [5.41, 5.74) is 0.474. The van der Waals surface area contributed by atoms with Crippen molar-refractivity contribution in [2.75, 3.05) is 13.6 Å². The van der Waals surface area contributed by atoms with E-state index in [9.17, 15) is 5.11 Å². The highest BCUT2D eigenvalue weighted by Gasteiger charge is 2.30. The first kappa shape index (κ1) is 18.0. The topological polar surface area (TPSA) is 23.5 Å². The van der Waals surface area contributed by atoms with Gasteiger partial charge in [-0.3, -0.25) is 4.90 Å². The van der Waals surface area contributed by atoms with Crippen molar-refractivity contribution in [2.24, 2.45) is 5.92 Å². The van der Waals surface area contributed by atoms with Gasteiger partial charge in [-0.15, -0.1) is 0 Å². The second kappa shape index (κ2) is 8.04. The van der Waals surface area contributed by atoms with Gasteiger partial charge in [0.05, 0.1) is 6.54 Å². The molecule has 1 aliphatic rings. The highest BCUT2D eigenvalue weighted by molar-refractivity contribution is 5.85. The predicted octanol–water partition coefficient (Wildman–Crippen LogP) is 4.61. The molecule has 25 heavy (non-hydrogen) atoms. The van der Waals surface area contributed by atoms with E-state index in [0.29, 0.717) is 12.5 Å². The lowest BCUT2D eigenvalue weighted by Gasteiger charge is -2.31. The maximum Gasteiger partial charge on any atom is 0.125 e. The summed E-state index contributed by atoms with van der Waals surface area (Å²) >= 11 is 0. The zero-order chi connectivity index (χ0) is 17.7. The number of aliphatic hydroxyl groups is 1. The molecule has 2 heteroatoms. The average Bonchev–Trinajstić information content (AvgIpc) is 2.63. The molecule has 1 N–H and O–H groups in total. The molecule has 0 saturated heterocycles. The Labute approximate surface area is 151 Å². The number of hydrogen-bond acceptors (Lipinski definition) is 2. The first-order valence-electron chi connectivity index (χ1n) is 9.44. The van der Waals surface area contributed by atoms with E-state index in [4.69, 9.17) is 0 Å². The largest absolute Gasteiger partial charge is 0.378 e. The Balaban J connectivity index is 1.62. The number of fused-ring (bicyclic) bond motifs is 1. The minimum atomic E-state index is -0.847. The Morgan fingerprint density at radius 2 is 1.80 bits per heavy atom. The van der Waals surface area contributed by atoms with E-state index in [2.05, 4.69) is 66.3 Å². The van der Waals surface area contributed by atoms with Crippen LogP contribution in [0.5, 0.6) is 0 Å². The van der Waals surface area contributed by atoms with Gasteiger partial charge in [0.2, 0.25) is 0 Å². The molecule has 0 heterocycles. The van der Waals surface area contributed by atoms with Crippen LogP contribution in [-0.2, 0) is 6.54 Å². The summed E-state index contributed by atoms with van der Waals surface area (Å²) in [6.07, 6.45) is 5.96. The molecule has 1 fully saturated rings. The second-order valence-electron chi connectivity index (χ2n) is 7.59. The van der Waals surface area contributed by atoms with Crippen LogP contribution in [-0.4, -0.2) is 29.2 Å². The first-order chi connectivity index (χ1) is 12.1. The molecule has 132 valence electrons. The zero-order valence-corrected chi connectivity index (χ0v) is 15.5. The average molecular weight is 335 g/mol. The van der Waals surface area contributed by atoms with Crippen molar-refractivity contribution < 1.29 is 5.11 Å². The van der Waals surface area contributed by atoms with E-state index in [1.165, 1.54) is 35.6 Å². The Morgan fingerprint density at radius 3 is 2.60 bits per heavy atom. The van der Waals surface area contributed by atoms with E-state index < -0.39 is 5.60 Å². The molecule has 0 aliphatic heterocycles. The third-order valence-electron chi connectivity index (χ3n) is 5.41. The first-order valence-corrected chi connectivity index (χ1v) is 9.44. The van der Waals surface area contributed by atoms with Crippen LogP contribution < -0.4 is 0 Å². The summed E-state index contributed by atoms with van der Waals surface area (Å²) in [6, 6.07) is 15.0. The molecule has 0 amide bonds. The van der Waals surface area contributed by atoms with E-state index in [1.54, 1.807) is 0 Å². The molecule has 2 aromatic carbocycles. The lowest BCUT2D eigenvalue weighted by Crippen LogP contribution is -2.34. The Kier molecular flexibility index (Phi) is 5.78. The number of benzene rings is 2. The summed E-state index contributed by atoms with van der Waals surface area (Å²) < 4.78 is 0. The quantitative estimate of drug-likeness (QED) is 0.825. The van der Waals surface area contributed by atoms with E-state index in [1.807, 2.05) is 6.92 Å². The van der Waals surface area contributed by atoms with Crippen LogP contribution in [0, 0.1) is 17.8 Å². The molecule has 2 nitrogen and oxygen atoms in total. The second-order valence-corrected chi connectivity index (χ2v) is 7.59. The highest BCUT2D eigenvalue weighted by atomic mass is 16.3. The summed E-state index contributed by atoms with van der Waals surface area (Å²) in [6.45, 7) is 3.42. The van der Waals surface area contributed by atoms with Crippen molar-refractivity contribution in [1.82, 2.24) is 4.90 Å². The standard InChI is InChI=1S/C23H29NO/c1-23(25,21-13-4-3-5-14-21)16-9-17-24(2)18-20-12-8-11-19-10-6-7-15-22(19)20/h6-8,10-12,15,21,25H,3-5,13-14,17-18H2,1-2H3. The molecular weight excluding hydrogens is 306 g/mol. The van der Waals surface area contributed by atoms with Crippen LogP contribution >= 0.6 is 0 Å². The van der Waals surface area contributed by atoms with Crippen LogP contribution in [0.3, 0.4) is 0 Å². The Hall–Kier alpha value is -1.82. The number of nitrogens with zero attached hydrogens (tertiary/aromatic N) is 1. The van der Waals surface area contributed by atoms with Crippen LogP contribution in [0.1, 0.15) is 44.6 Å². The van der Waals surface area contributed by atoms with Crippen molar-refractivity contribution in [1.29, 1.82) is 0 Å². The van der Waals surface area contributed by atoms with Crippen molar-refractivity contribution in [2.45, 2.75) is 51.2 Å². The van der Waals surface area contributed by atoms with Crippen molar-refractivity contribution in [3.8, 4) is 11.8 Å². The van der Waals surface area contributed by atoms with Crippen molar-refractivity contribution in [3.63, 3.8) is 0 Å².